The van der Waals surface area contributed by atoms with Crippen LogP contribution in [0.1, 0.15) is 12.1 Å². The van der Waals surface area contributed by atoms with Gasteiger partial charge in [-0.15, -0.1) is 0 Å². The molecule has 0 amide bonds. The first-order chi connectivity index (χ1) is 8.79. The summed E-state index contributed by atoms with van der Waals surface area (Å²) in [7, 11) is 2.06. The van der Waals surface area contributed by atoms with Gasteiger partial charge in [0.05, 0.1) is 5.69 Å². The molecule has 0 saturated carbocycles. The van der Waals surface area contributed by atoms with Gasteiger partial charge in [0.2, 0.25) is 5.89 Å². The number of hydrogen-bond donors (Lipinski definition) is 1. The molecule has 0 aliphatic heterocycles. The van der Waals surface area contributed by atoms with E-state index in [0.717, 1.165) is 37.3 Å². The fourth-order valence-electron chi connectivity index (χ4n) is 1.81. The van der Waals surface area contributed by atoms with Crippen molar-refractivity contribution in [3.63, 3.8) is 0 Å². The lowest BCUT2D eigenvalue weighted by Crippen LogP contribution is -2.21. The predicted molar refractivity (Wildman–Crippen MR) is 71.9 cm³/mol. The van der Waals surface area contributed by atoms with Gasteiger partial charge in [0.25, 0.3) is 0 Å². The fourth-order valence-corrected chi connectivity index (χ4v) is 1.81. The topological polar surface area (TPSA) is 55.3 Å². The lowest BCUT2D eigenvalue weighted by Gasteiger charge is -2.13. The molecule has 1 aromatic carbocycles. The zero-order valence-corrected chi connectivity index (χ0v) is 10.7. The molecule has 4 nitrogen and oxygen atoms in total. The maximum Gasteiger partial charge on any atom is 0.226 e. The van der Waals surface area contributed by atoms with Gasteiger partial charge in [-0.2, -0.15) is 0 Å². The molecule has 0 radical (unpaired) electrons. The van der Waals surface area contributed by atoms with Crippen LogP contribution < -0.4 is 5.73 Å². The Balaban J connectivity index is 1.98. The third kappa shape index (κ3) is 3.42. The summed E-state index contributed by atoms with van der Waals surface area (Å²) in [6.07, 6.45) is 2.72. The van der Waals surface area contributed by atoms with E-state index in [4.69, 9.17) is 10.2 Å². The van der Waals surface area contributed by atoms with Gasteiger partial charge in [-0.25, -0.2) is 4.98 Å². The van der Waals surface area contributed by atoms with Crippen LogP contribution in [0.2, 0.25) is 0 Å². The monoisotopic (exact) mass is 245 g/mol. The number of rotatable bonds is 6. The van der Waals surface area contributed by atoms with Crippen molar-refractivity contribution >= 4 is 0 Å². The highest BCUT2D eigenvalue weighted by Gasteiger charge is 2.07. The van der Waals surface area contributed by atoms with Gasteiger partial charge in [0.1, 0.15) is 6.26 Å². The van der Waals surface area contributed by atoms with Crippen molar-refractivity contribution in [2.45, 2.75) is 13.0 Å². The zero-order valence-electron chi connectivity index (χ0n) is 10.7. The molecule has 96 valence electrons. The van der Waals surface area contributed by atoms with Crippen LogP contribution in [-0.4, -0.2) is 30.0 Å². The minimum Gasteiger partial charge on any atom is -0.444 e. The van der Waals surface area contributed by atoms with Gasteiger partial charge in [-0.3, -0.25) is 0 Å². The minimum atomic E-state index is 0.679. The Kier molecular flexibility index (Phi) is 4.50. The quantitative estimate of drug-likeness (QED) is 0.847. The standard InChI is InChI=1S/C14H19N3O/c1-17(9-5-8-15)10-13-11-18-14(16-13)12-6-3-2-4-7-12/h2-4,6-7,11H,5,8-10,15H2,1H3. The summed E-state index contributed by atoms with van der Waals surface area (Å²) in [5, 5.41) is 0. The molecule has 2 aromatic rings. The highest BCUT2D eigenvalue weighted by Crippen LogP contribution is 2.18. The highest BCUT2D eigenvalue weighted by molar-refractivity contribution is 5.52. The molecular weight excluding hydrogens is 226 g/mol. The minimum absolute atomic E-state index is 0.679. The lowest BCUT2D eigenvalue weighted by atomic mass is 10.2. The number of nitrogens with two attached hydrogens (primary N) is 1. The maximum absolute atomic E-state index is 5.49. The second kappa shape index (κ2) is 6.33. The van der Waals surface area contributed by atoms with E-state index in [1.54, 1.807) is 6.26 Å². The molecule has 4 heteroatoms. The van der Waals surface area contributed by atoms with E-state index < -0.39 is 0 Å². The van der Waals surface area contributed by atoms with Crippen LogP contribution in [0, 0.1) is 0 Å². The highest BCUT2D eigenvalue weighted by atomic mass is 16.3. The molecule has 2 rings (SSSR count). The molecule has 0 saturated heterocycles. The van der Waals surface area contributed by atoms with E-state index in [1.165, 1.54) is 0 Å². The molecule has 0 aliphatic carbocycles. The van der Waals surface area contributed by atoms with Crippen LogP contribution in [0.25, 0.3) is 11.5 Å². The number of hydrogen-bond acceptors (Lipinski definition) is 4. The second-order valence-electron chi connectivity index (χ2n) is 4.39. The van der Waals surface area contributed by atoms with Crippen molar-refractivity contribution < 1.29 is 4.42 Å². The molecule has 0 atom stereocenters. The number of nitrogens with zero attached hydrogens (tertiary/aromatic N) is 2. The molecule has 18 heavy (non-hydrogen) atoms. The summed E-state index contributed by atoms with van der Waals surface area (Å²) >= 11 is 0. The van der Waals surface area contributed by atoms with Crippen molar-refractivity contribution in [3.8, 4) is 11.5 Å². The third-order valence-corrected chi connectivity index (χ3v) is 2.75. The van der Waals surface area contributed by atoms with Crippen molar-refractivity contribution in [1.82, 2.24) is 9.88 Å². The Bertz CT molecular complexity index is 467. The number of aromatic nitrogens is 1. The smallest absolute Gasteiger partial charge is 0.226 e. The Labute approximate surface area is 107 Å². The Morgan fingerprint density at radius 2 is 2.06 bits per heavy atom. The van der Waals surface area contributed by atoms with E-state index >= 15 is 0 Å². The summed E-state index contributed by atoms with van der Waals surface area (Å²) in [4.78, 5) is 6.68. The van der Waals surface area contributed by atoms with E-state index in [-0.39, 0.29) is 0 Å². The molecular formula is C14H19N3O. The van der Waals surface area contributed by atoms with Crippen LogP contribution in [0.15, 0.2) is 41.0 Å². The molecule has 1 heterocycles. The summed E-state index contributed by atoms with van der Waals surface area (Å²) in [5.74, 6) is 0.679. The van der Waals surface area contributed by atoms with Crippen LogP contribution in [0.5, 0.6) is 0 Å². The molecule has 0 aliphatic rings. The summed E-state index contributed by atoms with van der Waals surface area (Å²) in [6.45, 7) is 2.48. The summed E-state index contributed by atoms with van der Waals surface area (Å²) < 4.78 is 5.49. The average Bonchev–Trinajstić information content (AvgIpc) is 2.86. The number of oxazole rings is 1. The third-order valence-electron chi connectivity index (χ3n) is 2.75. The van der Waals surface area contributed by atoms with Gasteiger partial charge >= 0.3 is 0 Å². The molecule has 0 fully saturated rings. The van der Waals surface area contributed by atoms with Gasteiger partial charge in [-0.05, 0) is 38.7 Å². The van der Waals surface area contributed by atoms with Crippen LogP contribution in [0.3, 0.4) is 0 Å². The molecule has 0 unspecified atom stereocenters. The SMILES string of the molecule is CN(CCCN)Cc1coc(-c2ccccc2)n1. The first kappa shape index (κ1) is 12.8. The first-order valence-corrected chi connectivity index (χ1v) is 6.18. The van der Waals surface area contributed by atoms with E-state index in [2.05, 4.69) is 16.9 Å². The molecule has 0 spiro atoms. The van der Waals surface area contributed by atoms with E-state index in [0.29, 0.717) is 5.89 Å². The molecule has 2 N–H and O–H groups in total. The fraction of sp³-hybridized carbons (Fsp3) is 0.357. The van der Waals surface area contributed by atoms with Crippen molar-refractivity contribution in [2.24, 2.45) is 5.73 Å². The van der Waals surface area contributed by atoms with Crippen molar-refractivity contribution in [1.29, 1.82) is 0 Å². The van der Waals surface area contributed by atoms with E-state index in [1.807, 2.05) is 30.3 Å². The van der Waals surface area contributed by atoms with Gasteiger partial charge in [0, 0.05) is 12.1 Å². The number of benzene rings is 1. The van der Waals surface area contributed by atoms with Crippen molar-refractivity contribution in [2.75, 3.05) is 20.1 Å². The van der Waals surface area contributed by atoms with Crippen molar-refractivity contribution in [3.05, 3.63) is 42.3 Å². The lowest BCUT2D eigenvalue weighted by molar-refractivity contribution is 0.320. The Morgan fingerprint density at radius 3 is 2.78 bits per heavy atom. The van der Waals surface area contributed by atoms with E-state index in [9.17, 15) is 0 Å². The van der Waals surface area contributed by atoms with Crippen LogP contribution in [0.4, 0.5) is 0 Å². The predicted octanol–water partition coefficient (Wildman–Crippen LogP) is 2.12. The second-order valence-corrected chi connectivity index (χ2v) is 4.39. The zero-order chi connectivity index (χ0) is 12.8. The van der Waals surface area contributed by atoms with Crippen LogP contribution in [-0.2, 0) is 6.54 Å². The average molecular weight is 245 g/mol. The first-order valence-electron chi connectivity index (χ1n) is 6.18. The van der Waals surface area contributed by atoms with Gasteiger partial charge < -0.3 is 15.1 Å². The maximum atomic E-state index is 5.49. The van der Waals surface area contributed by atoms with Crippen LogP contribution >= 0.6 is 0 Å². The molecule has 1 aromatic heterocycles. The Hall–Kier alpha value is -1.65. The Morgan fingerprint density at radius 1 is 1.28 bits per heavy atom. The van der Waals surface area contributed by atoms with Gasteiger partial charge in [-0.1, -0.05) is 18.2 Å². The van der Waals surface area contributed by atoms with Gasteiger partial charge in [0.15, 0.2) is 0 Å². The largest absolute Gasteiger partial charge is 0.444 e. The summed E-state index contributed by atoms with van der Waals surface area (Å²) in [6, 6.07) is 9.93. The summed E-state index contributed by atoms with van der Waals surface area (Å²) in [5.41, 5.74) is 7.45. The molecule has 0 bridgehead atoms. The normalized spacial score (nSPS) is 11.1.